The molecule has 0 amide bonds. The topological polar surface area (TPSA) is 112 Å². The number of aliphatic carboxylic acids is 3. The van der Waals surface area contributed by atoms with Crippen molar-refractivity contribution in [3.8, 4) is 0 Å². The van der Waals surface area contributed by atoms with E-state index >= 15 is 0 Å². The van der Waals surface area contributed by atoms with Crippen LogP contribution in [0, 0.1) is 6.08 Å². The second-order valence-corrected chi connectivity index (χ2v) is 17.4. The summed E-state index contributed by atoms with van der Waals surface area (Å²) in [6.07, 6.45) is 6.41. The first-order valence-electron chi connectivity index (χ1n) is 24.0. The largest absolute Gasteiger partial charge is 0.480 e. The van der Waals surface area contributed by atoms with E-state index < -0.39 is 34.2 Å². The van der Waals surface area contributed by atoms with Crippen molar-refractivity contribution < 1.29 is 51.4 Å². The minimum Gasteiger partial charge on any atom is -0.480 e. The molecule has 0 saturated carbocycles. The first-order chi connectivity index (χ1) is 35.6. The van der Waals surface area contributed by atoms with Gasteiger partial charge in [0.05, 0.1) is 0 Å². The van der Waals surface area contributed by atoms with Crippen molar-refractivity contribution >= 4 is 17.9 Å². The molecule has 9 aromatic carbocycles. The summed E-state index contributed by atoms with van der Waals surface area (Å²) < 4.78 is 0. The quantitative estimate of drug-likeness (QED) is 0.0639. The van der Waals surface area contributed by atoms with Gasteiger partial charge >= 0.3 is 17.9 Å². The Hall–Kier alpha value is -8.42. The number of carboxylic acid groups (broad SMARTS) is 3. The predicted molar refractivity (Wildman–Crippen MR) is 291 cm³/mol. The standard InChI is InChI=1S/3C20H16O2.C7H9.Ti/c3*21-19(22)20(16-10-4-1-5-11-16,17-12-6-2-7-13-17)18-14-8-3-9-15-18;1-6-4-3-5-7(6)2;/h3*1-15H,(H,21,22);4H,3H2,1-2H3;/q;;;-1;. The molecule has 0 atom stereocenters. The summed E-state index contributed by atoms with van der Waals surface area (Å²) in [5.74, 6) is -2.64. The van der Waals surface area contributed by atoms with Gasteiger partial charge in [-0.05, 0) is 50.1 Å². The van der Waals surface area contributed by atoms with Gasteiger partial charge in [0.1, 0.15) is 16.2 Å². The van der Waals surface area contributed by atoms with Gasteiger partial charge in [-0.25, -0.2) is 11.1 Å². The van der Waals surface area contributed by atoms with E-state index in [0.717, 1.165) is 56.5 Å². The van der Waals surface area contributed by atoms with Crippen molar-refractivity contribution in [3.05, 3.63) is 346 Å². The molecule has 1 aliphatic carbocycles. The van der Waals surface area contributed by atoms with Gasteiger partial charge in [0.25, 0.3) is 0 Å². The van der Waals surface area contributed by atoms with E-state index in [9.17, 15) is 29.7 Å². The monoisotopic (exact) mass is 1010 g/mol. The van der Waals surface area contributed by atoms with E-state index in [0.29, 0.717) is 0 Å². The molecule has 0 spiro atoms. The Morgan fingerprint density at radius 3 is 0.541 bits per heavy atom. The van der Waals surface area contributed by atoms with Crippen molar-refractivity contribution in [2.45, 2.75) is 36.5 Å². The smallest absolute Gasteiger partial charge is 0.323 e. The van der Waals surface area contributed by atoms with Crippen LogP contribution in [0.5, 0.6) is 0 Å². The third-order valence-electron chi connectivity index (χ3n) is 13.2. The molecule has 0 heterocycles. The van der Waals surface area contributed by atoms with Crippen LogP contribution >= 0.6 is 0 Å². The van der Waals surface area contributed by atoms with E-state index in [-0.39, 0.29) is 21.7 Å². The fourth-order valence-corrected chi connectivity index (χ4v) is 9.45. The summed E-state index contributed by atoms with van der Waals surface area (Å²) in [5, 5.41) is 30.6. The van der Waals surface area contributed by atoms with Crippen LogP contribution in [0.4, 0.5) is 0 Å². The first-order valence-corrected chi connectivity index (χ1v) is 24.0. The molecule has 7 heteroatoms. The second-order valence-electron chi connectivity index (χ2n) is 17.4. The Labute approximate surface area is 449 Å². The van der Waals surface area contributed by atoms with Crippen molar-refractivity contribution in [1.82, 2.24) is 0 Å². The van der Waals surface area contributed by atoms with Crippen molar-refractivity contribution in [2.75, 3.05) is 0 Å². The Morgan fingerprint density at radius 1 is 0.311 bits per heavy atom. The molecule has 0 aliphatic heterocycles. The molecule has 1 aliphatic rings. The number of carboxylic acids is 3. The third-order valence-corrected chi connectivity index (χ3v) is 13.2. The minimum absolute atomic E-state index is 0. The fraction of sp³-hybridized carbons (Fsp3) is 0.0896. The van der Waals surface area contributed by atoms with Gasteiger partial charge in [-0.15, -0.1) is 13.3 Å². The van der Waals surface area contributed by atoms with Crippen LogP contribution in [0.1, 0.15) is 70.3 Å². The van der Waals surface area contributed by atoms with Crippen LogP contribution in [-0.2, 0) is 52.3 Å². The average Bonchev–Trinajstić information content (AvgIpc) is 3.83. The van der Waals surface area contributed by atoms with Gasteiger partial charge < -0.3 is 15.3 Å². The summed E-state index contributed by atoms with van der Waals surface area (Å²) in [6.45, 7) is 4.22. The van der Waals surface area contributed by atoms with Gasteiger partial charge in [-0.3, -0.25) is 20.5 Å². The van der Waals surface area contributed by atoms with E-state index in [1.807, 2.05) is 273 Å². The normalized spacial score (nSPS) is 11.7. The van der Waals surface area contributed by atoms with Crippen LogP contribution in [0.25, 0.3) is 0 Å². The number of allylic oxidation sites excluding steroid dienone is 4. The van der Waals surface area contributed by atoms with Gasteiger partial charge in [-0.2, -0.15) is 6.08 Å². The maximum atomic E-state index is 12.4. The zero-order valence-electron chi connectivity index (χ0n) is 41.3. The molecule has 0 fully saturated rings. The Kier molecular flexibility index (Phi) is 19.5. The first kappa shape index (κ1) is 54.9. The van der Waals surface area contributed by atoms with Gasteiger partial charge in [-0.1, -0.05) is 280 Å². The SMILES string of the molecule is CC1=[C-]CC=C1C.O=C(O)C(c1ccccc1)(c1ccccc1)c1ccccc1.O=C(O)C(c1ccccc1)(c1ccccc1)c1ccccc1.O=C(O)C(c1ccccc1)(c1ccccc1)c1ccccc1.[Ti]. The second kappa shape index (κ2) is 26.3. The number of benzene rings is 9. The Bertz CT molecular complexity index is 2580. The van der Waals surface area contributed by atoms with Gasteiger partial charge in [0.15, 0.2) is 0 Å². The molecule has 3 N–H and O–H groups in total. The van der Waals surface area contributed by atoms with Crippen LogP contribution < -0.4 is 0 Å². The Morgan fingerprint density at radius 2 is 0.459 bits per heavy atom. The maximum Gasteiger partial charge on any atom is 0.323 e. The maximum absolute atomic E-state index is 12.4. The zero-order valence-corrected chi connectivity index (χ0v) is 42.9. The van der Waals surface area contributed by atoms with E-state index in [2.05, 4.69) is 26.0 Å². The van der Waals surface area contributed by atoms with Gasteiger partial charge in [0.2, 0.25) is 0 Å². The van der Waals surface area contributed by atoms with Gasteiger partial charge in [0, 0.05) is 21.7 Å². The summed E-state index contributed by atoms with van der Waals surface area (Å²) in [5.41, 5.74) is 5.84. The molecule has 0 unspecified atom stereocenters. The molecular weight excluding hydrogens is 949 g/mol. The fourth-order valence-electron chi connectivity index (χ4n) is 9.45. The van der Waals surface area contributed by atoms with E-state index in [1.165, 1.54) is 11.1 Å². The molecule has 0 radical (unpaired) electrons. The minimum atomic E-state index is -1.20. The van der Waals surface area contributed by atoms with Crippen LogP contribution in [-0.4, -0.2) is 33.2 Å². The third kappa shape index (κ3) is 11.8. The van der Waals surface area contributed by atoms with Crippen molar-refractivity contribution in [2.24, 2.45) is 0 Å². The zero-order chi connectivity index (χ0) is 51.5. The average molecular weight is 1010 g/mol. The predicted octanol–water partition coefficient (Wildman–Crippen LogP) is 14.4. The number of rotatable bonds is 12. The molecule has 74 heavy (non-hydrogen) atoms. The molecule has 0 bridgehead atoms. The molecule has 0 aromatic heterocycles. The number of carbonyl (C=O) groups is 3. The van der Waals surface area contributed by atoms with Crippen LogP contribution in [0.2, 0.25) is 0 Å². The molecule has 366 valence electrons. The number of hydrogen-bond acceptors (Lipinski definition) is 3. The van der Waals surface area contributed by atoms with Crippen molar-refractivity contribution in [3.63, 3.8) is 0 Å². The summed E-state index contributed by atoms with van der Waals surface area (Å²) in [7, 11) is 0. The summed E-state index contributed by atoms with van der Waals surface area (Å²) in [6, 6.07) is 84.4. The molecule has 10 rings (SSSR count). The molecular formula is C67H57O6Ti-. The van der Waals surface area contributed by atoms with E-state index in [4.69, 9.17) is 0 Å². The summed E-state index contributed by atoms with van der Waals surface area (Å²) in [4.78, 5) is 37.3. The molecule has 6 nitrogen and oxygen atoms in total. The Balaban J connectivity index is 0.000000168. The summed E-state index contributed by atoms with van der Waals surface area (Å²) >= 11 is 0. The van der Waals surface area contributed by atoms with Crippen molar-refractivity contribution in [1.29, 1.82) is 0 Å². The molecule has 9 aromatic rings. The van der Waals surface area contributed by atoms with E-state index in [1.54, 1.807) is 0 Å². The van der Waals surface area contributed by atoms with Crippen LogP contribution in [0.15, 0.2) is 290 Å². The van der Waals surface area contributed by atoms with Crippen LogP contribution in [0.3, 0.4) is 0 Å². The number of hydrogen-bond donors (Lipinski definition) is 3. The molecule has 0 saturated heterocycles.